The van der Waals surface area contributed by atoms with E-state index in [2.05, 4.69) is 15.6 Å². The fraction of sp³-hybridized carbons (Fsp3) is 0.158. The van der Waals surface area contributed by atoms with E-state index in [-0.39, 0.29) is 5.91 Å². The van der Waals surface area contributed by atoms with Crippen molar-refractivity contribution in [1.29, 1.82) is 0 Å². The van der Waals surface area contributed by atoms with Crippen molar-refractivity contribution in [2.75, 3.05) is 11.9 Å². The lowest BCUT2D eigenvalue weighted by molar-refractivity contribution is 0.0954. The first kappa shape index (κ1) is 17.0. The van der Waals surface area contributed by atoms with E-state index in [1.54, 1.807) is 24.6 Å². The Morgan fingerprint density at radius 2 is 1.96 bits per heavy atom. The summed E-state index contributed by atoms with van der Waals surface area (Å²) < 4.78 is 5.24. The standard InChI is InChI=1S/C19H18ClN3O2/c20-16-6-3-14(4-7-16)9-10-21-19(24)15-5-8-18(22-12-15)23-13-17-2-1-11-25-17/h1-8,11-12H,9-10,13H2,(H,21,24)(H,22,23). The molecule has 0 unspecified atom stereocenters. The van der Waals surface area contributed by atoms with E-state index in [0.29, 0.717) is 29.5 Å². The lowest BCUT2D eigenvalue weighted by atomic mass is 10.1. The van der Waals surface area contributed by atoms with Crippen LogP contribution in [0.2, 0.25) is 5.02 Å². The zero-order valence-electron chi connectivity index (χ0n) is 13.5. The Morgan fingerprint density at radius 3 is 2.64 bits per heavy atom. The van der Waals surface area contributed by atoms with Gasteiger partial charge in [-0.1, -0.05) is 23.7 Å². The molecule has 3 aromatic rings. The molecule has 5 nitrogen and oxygen atoms in total. The number of benzene rings is 1. The summed E-state index contributed by atoms with van der Waals surface area (Å²) in [5, 5.41) is 6.73. The van der Waals surface area contributed by atoms with Crippen molar-refractivity contribution in [3.63, 3.8) is 0 Å². The summed E-state index contributed by atoms with van der Waals surface area (Å²) in [4.78, 5) is 16.4. The van der Waals surface area contributed by atoms with E-state index in [9.17, 15) is 4.79 Å². The normalized spacial score (nSPS) is 10.4. The second-order valence-corrected chi connectivity index (χ2v) is 5.93. The van der Waals surface area contributed by atoms with Crippen LogP contribution in [0.25, 0.3) is 0 Å². The molecule has 0 bridgehead atoms. The number of furan rings is 1. The lowest BCUT2D eigenvalue weighted by Crippen LogP contribution is -2.25. The number of amides is 1. The van der Waals surface area contributed by atoms with Gasteiger partial charge in [0.05, 0.1) is 18.4 Å². The van der Waals surface area contributed by atoms with Gasteiger partial charge in [-0.3, -0.25) is 4.79 Å². The molecular formula is C19H18ClN3O2. The average molecular weight is 356 g/mol. The summed E-state index contributed by atoms with van der Waals surface area (Å²) in [5.74, 6) is 1.37. The Bertz CT molecular complexity index is 800. The number of anilines is 1. The number of hydrogen-bond donors (Lipinski definition) is 2. The quantitative estimate of drug-likeness (QED) is 0.674. The van der Waals surface area contributed by atoms with Gasteiger partial charge in [0.2, 0.25) is 0 Å². The molecule has 0 aliphatic carbocycles. The van der Waals surface area contributed by atoms with Crippen LogP contribution in [0.3, 0.4) is 0 Å². The molecule has 2 N–H and O–H groups in total. The molecule has 1 amide bonds. The van der Waals surface area contributed by atoms with Crippen LogP contribution in [0.1, 0.15) is 21.7 Å². The predicted octanol–water partition coefficient (Wildman–Crippen LogP) is 3.91. The van der Waals surface area contributed by atoms with Crippen molar-refractivity contribution in [1.82, 2.24) is 10.3 Å². The smallest absolute Gasteiger partial charge is 0.252 e. The zero-order valence-corrected chi connectivity index (χ0v) is 14.3. The molecule has 25 heavy (non-hydrogen) atoms. The molecule has 3 rings (SSSR count). The SMILES string of the molecule is O=C(NCCc1ccc(Cl)cc1)c1ccc(NCc2ccco2)nc1. The van der Waals surface area contributed by atoms with Crippen molar-refractivity contribution in [2.24, 2.45) is 0 Å². The molecule has 2 heterocycles. The molecule has 0 radical (unpaired) electrons. The lowest BCUT2D eigenvalue weighted by Gasteiger charge is -2.07. The summed E-state index contributed by atoms with van der Waals surface area (Å²) in [6.07, 6.45) is 3.93. The van der Waals surface area contributed by atoms with E-state index >= 15 is 0 Å². The van der Waals surface area contributed by atoms with E-state index in [1.807, 2.05) is 36.4 Å². The number of hydrogen-bond acceptors (Lipinski definition) is 4. The highest BCUT2D eigenvalue weighted by Crippen LogP contribution is 2.10. The third kappa shape index (κ3) is 5.09. The van der Waals surface area contributed by atoms with Crippen molar-refractivity contribution in [3.05, 3.63) is 82.9 Å². The van der Waals surface area contributed by atoms with Crippen molar-refractivity contribution in [2.45, 2.75) is 13.0 Å². The summed E-state index contributed by atoms with van der Waals surface area (Å²) in [6, 6.07) is 14.8. The van der Waals surface area contributed by atoms with Crippen molar-refractivity contribution < 1.29 is 9.21 Å². The highest BCUT2D eigenvalue weighted by atomic mass is 35.5. The second-order valence-electron chi connectivity index (χ2n) is 5.50. The third-order valence-electron chi connectivity index (χ3n) is 3.66. The van der Waals surface area contributed by atoms with Crippen LogP contribution >= 0.6 is 11.6 Å². The zero-order chi connectivity index (χ0) is 17.5. The summed E-state index contributed by atoms with van der Waals surface area (Å²) in [5.41, 5.74) is 1.65. The third-order valence-corrected chi connectivity index (χ3v) is 3.91. The second kappa shape index (κ2) is 8.35. The van der Waals surface area contributed by atoms with Crippen LogP contribution < -0.4 is 10.6 Å². The molecule has 0 saturated carbocycles. The molecule has 1 aromatic carbocycles. The fourth-order valence-electron chi connectivity index (χ4n) is 2.30. The highest BCUT2D eigenvalue weighted by molar-refractivity contribution is 6.30. The number of pyridine rings is 1. The number of nitrogens with zero attached hydrogens (tertiary/aromatic N) is 1. The number of nitrogens with one attached hydrogen (secondary N) is 2. The first-order valence-corrected chi connectivity index (χ1v) is 8.33. The number of rotatable bonds is 7. The highest BCUT2D eigenvalue weighted by Gasteiger charge is 2.06. The maximum absolute atomic E-state index is 12.1. The van der Waals surface area contributed by atoms with Crippen LogP contribution in [0.4, 0.5) is 5.82 Å². The molecule has 0 atom stereocenters. The van der Waals surface area contributed by atoms with E-state index < -0.39 is 0 Å². The van der Waals surface area contributed by atoms with E-state index in [1.165, 1.54) is 0 Å². The first-order chi connectivity index (χ1) is 12.2. The fourth-order valence-corrected chi connectivity index (χ4v) is 2.42. The minimum Gasteiger partial charge on any atom is -0.467 e. The first-order valence-electron chi connectivity index (χ1n) is 7.96. The number of aromatic nitrogens is 1. The molecule has 0 saturated heterocycles. The van der Waals surface area contributed by atoms with Gasteiger partial charge in [0.25, 0.3) is 5.91 Å². The average Bonchev–Trinajstić information content (AvgIpc) is 3.15. The van der Waals surface area contributed by atoms with Crippen LogP contribution in [-0.2, 0) is 13.0 Å². The van der Waals surface area contributed by atoms with Gasteiger partial charge in [0.15, 0.2) is 0 Å². The van der Waals surface area contributed by atoms with Crippen LogP contribution in [-0.4, -0.2) is 17.4 Å². The predicted molar refractivity (Wildman–Crippen MR) is 97.8 cm³/mol. The minimum absolute atomic E-state index is 0.140. The molecule has 128 valence electrons. The van der Waals surface area contributed by atoms with Gasteiger partial charge in [-0.2, -0.15) is 0 Å². The molecular weight excluding hydrogens is 338 g/mol. The van der Waals surface area contributed by atoms with Crippen molar-refractivity contribution >= 4 is 23.3 Å². The summed E-state index contributed by atoms with van der Waals surface area (Å²) in [7, 11) is 0. The van der Waals surface area contributed by atoms with E-state index in [0.717, 1.165) is 17.7 Å². The Kier molecular flexibility index (Phi) is 5.69. The largest absolute Gasteiger partial charge is 0.467 e. The Morgan fingerprint density at radius 1 is 1.12 bits per heavy atom. The van der Waals surface area contributed by atoms with Gasteiger partial charge < -0.3 is 15.1 Å². The number of carbonyl (C=O) groups excluding carboxylic acids is 1. The molecule has 6 heteroatoms. The van der Waals surface area contributed by atoms with Gasteiger partial charge in [-0.05, 0) is 48.4 Å². The van der Waals surface area contributed by atoms with Crippen LogP contribution in [0.15, 0.2) is 65.4 Å². The molecule has 0 spiro atoms. The van der Waals surface area contributed by atoms with Crippen LogP contribution in [0.5, 0.6) is 0 Å². The Labute approximate surface area is 151 Å². The van der Waals surface area contributed by atoms with Crippen molar-refractivity contribution in [3.8, 4) is 0 Å². The summed E-state index contributed by atoms with van der Waals surface area (Å²) >= 11 is 5.85. The van der Waals surface area contributed by atoms with Crippen LogP contribution in [0, 0.1) is 0 Å². The molecule has 0 aliphatic heterocycles. The molecule has 0 aliphatic rings. The summed E-state index contributed by atoms with van der Waals surface area (Å²) in [6.45, 7) is 1.10. The molecule has 0 fully saturated rings. The number of halogens is 1. The number of carbonyl (C=O) groups is 1. The molecule has 2 aromatic heterocycles. The topological polar surface area (TPSA) is 67.2 Å². The maximum Gasteiger partial charge on any atom is 0.252 e. The van der Waals surface area contributed by atoms with Gasteiger partial charge in [-0.15, -0.1) is 0 Å². The van der Waals surface area contributed by atoms with Gasteiger partial charge in [-0.25, -0.2) is 4.98 Å². The van der Waals surface area contributed by atoms with Gasteiger partial charge in [0, 0.05) is 17.8 Å². The monoisotopic (exact) mass is 355 g/mol. The maximum atomic E-state index is 12.1. The minimum atomic E-state index is -0.140. The van der Waals surface area contributed by atoms with Gasteiger partial charge in [0.1, 0.15) is 11.6 Å². The van der Waals surface area contributed by atoms with Gasteiger partial charge >= 0.3 is 0 Å². The Balaban J connectivity index is 1.46. The Hall–Kier alpha value is -2.79. The van der Waals surface area contributed by atoms with E-state index in [4.69, 9.17) is 16.0 Å².